The van der Waals surface area contributed by atoms with E-state index < -0.39 is 0 Å². The lowest BCUT2D eigenvalue weighted by Gasteiger charge is -2.10. The molecule has 2 nitrogen and oxygen atoms in total. The van der Waals surface area contributed by atoms with Crippen molar-refractivity contribution in [3.05, 3.63) is 58.7 Å². The van der Waals surface area contributed by atoms with Crippen LogP contribution in [0.15, 0.2) is 36.4 Å². The molecule has 2 heteroatoms. The average molecular weight is 252 g/mol. The highest BCUT2D eigenvalue weighted by molar-refractivity contribution is 5.79. The quantitative estimate of drug-likeness (QED) is 0.769. The topological polar surface area (TPSA) is 26.3 Å². The molecule has 0 amide bonds. The molecule has 1 aliphatic rings. The highest BCUT2D eigenvalue weighted by Crippen LogP contribution is 2.30. The normalized spacial score (nSPS) is 13.1. The Bertz CT molecular complexity index is 629. The molecule has 0 atom stereocenters. The minimum atomic E-state index is 0.598. The predicted octanol–water partition coefficient (Wildman–Crippen LogP) is 4.09. The number of carbonyl (C=O) groups is 1. The van der Waals surface area contributed by atoms with Crippen molar-refractivity contribution in [2.45, 2.75) is 26.2 Å². The minimum Gasteiger partial charge on any atom is -0.457 e. The zero-order chi connectivity index (χ0) is 13.2. The Morgan fingerprint density at radius 2 is 1.89 bits per heavy atom. The van der Waals surface area contributed by atoms with Crippen molar-refractivity contribution in [2.24, 2.45) is 0 Å². The molecule has 2 aromatic carbocycles. The summed E-state index contributed by atoms with van der Waals surface area (Å²) in [6, 6.07) is 11.9. The summed E-state index contributed by atoms with van der Waals surface area (Å²) in [5.41, 5.74) is 4.45. The highest BCUT2D eigenvalue weighted by Gasteiger charge is 2.12. The largest absolute Gasteiger partial charge is 0.457 e. The molecule has 0 saturated carbocycles. The fraction of sp³-hybridized carbons (Fsp3) is 0.235. The van der Waals surface area contributed by atoms with Crippen LogP contribution >= 0.6 is 0 Å². The van der Waals surface area contributed by atoms with E-state index in [4.69, 9.17) is 4.74 Å². The van der Waals surface area contributed by atoms with Crippen LogP contribution in [0.4, 0.5) is 0 Å². The molecule has 0 saturated heterocycles. The van der Waals surface area contributed by atoms with Crippen molar-refractivity contribution in [1.82, 2.24) is 0 Å². The molecule has 19 heavy (non-hydrogen) atoms. The van der Waals surface area contributed by atoms with Crippen LogP contribution in [0.25, 0.3) is 0 Å². The zero-order valence-corrected chi connectivity index (χ0v) is 11.0. The minimum absolute atomic E-state index is 0.598. The Labute approximate surface area is 113 Å². The van der Waals surface area contributed by atoms with Gasteiger partial charge in [-0.2, -0.15) is 0 Å². The molecule has 0 aromatic heterocycles. The Balaban J connectivity index is 1.91. The van der Waals surface area contributed by atoms with Crippen molar-refractivity contribution in [3.8, 4) is 11.5 Å². The van der Waals surface area contributed by atoms with Crippen molar-refractivity contribution in [3.63, 3.8) is 0 Å². The third kappa shape index (κ3) is 2.39. The van der Waals surface area contributed by atoms with Gasteiger partial charge in [-0.25, -0.2) is 0 Å². The second-order valence-electron chi connectivity index (χ2n) is 5.05. The first kappa shape index (κ1) is 12.0. The van der Waals surface area contributed by atoms with E-state index in [1.54, 1.807) is 0 Å². The van der Waals surface area contributed by atoms with Crippen LogP contribution in [-0.2, 0) is 12.8 Å². The lowest BCUT2D eigenvalue weighted by Crippen LogP contribution is -1.92. The number of hydrogen-bond acceptors (Lipinski definition) is 2. The lowest BCUT2D eigenvalue weighted by molar-refractivity contribution is 0.112. The number of aryl methyl sites for hydroxylation is 3. The molecule has 96 valence electrons. The molecule has 3 rings (SSSR count). The summed E-state index contributed by atoms with van der Waals surface area (Å²) in [5.74, 6) is 1.44. The van der Waals surface area contributed by atoms with Gasteiger partial charge in [0.25, 0.3) is 0 Å². The monoisotopic (exact) mass is 252 g/mol. The third-order valence-corrected chi connectivity index (χ3v) is 3.59. The summed E-state index contributed by atoms with van der Waals surface area (Å²) in [6.07, 6.45) is 4.36. The number of rotatable bonds is 3. The van der Waals surface area contributed by atoms with Gasteiger partial charge < -0.3 is 4.74 Å². The molecule has 0 bridgehead atoms. The molecule has 0 unspecified atom stereocenters. The Hall–Kier alpha value is -2.09. The first-order valence-corrected chi connectivity index (χ1v) is 6.62. The Morgan fingerprint density at radius 3 is 2.74 bits per heavy atom. The van der Waals surface area contributed by atoms with Gasteiger partial charge in [0.05, 0.1) is 5.56 Å². The molecule has 0 radical (unpaired) electrons. The summed E-state index contributed by atoms with van der Waals surface area (Å²) in [5, 5.41) is 0. The standard InChI is InChI=1S/C17H16O2/c1-12-5-8-17(15(9-12)11-18)19-16-7-6-13-3-2-4-14(13)10-16/h5-11H,2-4H2,1H3. The van der Waals surface area contributed by atoms with E-state index in [1.807, 2.05) is 31.2 Å². The van der Waals surface area contributed by atoms with Gasteiger partial charge in [0, 0.05) is 0 Å². The summed E-state index contributed by atoms with van der Waals surface area (Å²) in [4.78, 5) is 11.1. The van der Waals surface area contributed by atoms with Gasteiger partial charge in [-0.05, 0) is 61.6 Å². The summed E-state index contributed by atoms with van der Waals surface area (Å²) in [7, 11) is 0. The molecule has 0 fully saturated rings. The van der Waals surface area contributed by atoms with E-state index in [9.17, 15) is 4.79 Å². The van der Waals surface area contributed by atoms with Crippen LogP contribution in [0.3, 0.4) is 0 Å². The van der Waals surface area contributed by atoms with E-state index in [0.29, 0.717) is 11.3 Å². The van der Waals surface area contributed by atoms with Crippen LogP contribution < -0.4 is 4.74 Å². The van der Waals surface area contributed by atoms with Crippen molar-refractivity contribution >= 4 is 6.29 Å². The second kappa shape index (κ2) is 4.88. The average Bonchev–Trinajstić information content (AvgIpc) is 2.88. The number of ether oxygens (including phenoxy) is 1. The van der Waals surface area contributed by atoms with Crippen molar-refractivity contribution in [2.75, 3.05) is 0 Å². The first-order chi connectivity index (χ1) is 9.26. The van der Waals surface area contributed by atoms with Gasteiger partial charge in [-0.15, -0.1) is 0 Å². The molecule has 0 aliphatic heterocycles. The Morgan fingerprint density at radius 1 is 1.05 bits per heavy atom. The number of carbonyl (C=O) groups excluding carboxylic acids is 1. The summed E-state index contributed by atoms with van der Waals surface area (Å²) >= 11 is 0. The van der Waals surface area contributed by atoms with Crippen LogP contribution in [0.2, 0.25) is 0 Å². The van der Waals surface area contributed by atoms with E-state index in [1.165, 1.54) is 24.0 Å². The number of aldehydes is 1. The van der Waals surface area contributed by atoms with E-state index in [0.717, 1.165) is 24.0 Å². The molecular formula is C17H16O2. The maximum absolute atomic E-state index is 11.1. The van der Waals surface area contributed by atoms with Gasteiger partial charge in [0.1, 0.15) is 11.5 Å². The molecule has 0 spiro atoms. The van der Waals surface area contributed by atoms with E-state index in [2.05, 4.69) is 12.1 Å². The lowest BCUT2D eigenvalue weighted by atomic mass is 10.1. The van der Waals surface area contributed by atoms with Crippen LogP contribution in [-0.4, -0.2) is 6.29 Å². The zero-order valence-electron chi connectivity index (χ0n) is 11.0. The van der Waals surface area contributed by atoms with Crippen molar-refractivity contribution in [1.29, 1.82) is 0 Å². The summed E-state index contributed by atoms with van der Waals surface area (Å²) < 4.78 is 5.85. The predicted molar refractivity (Wildman–Crippen MR) is 75.1 cm³/mol. The summed E-state index contributed by atoms with van der Waals surface area (Å²) in [6.45, 7) is 1.96. The number of hydrogen-bond donors (Lipinski definition) is 0. The maximum Gasteiger partial charge on any atom is 0.153 e. The van der Waals surface area contributed by atoms with Crippen LogP contribution in [0, 0.1) is 6.92 Å². The van der Waals surface area contributed by atoms with Gasteiger partial charge in [-0.1, -0.05) is 17.7 Å². The van der Waals surface area contributed by atoms with Crippen LogP contribution in [0.1, 0.15) is 33.5 Å². The maximum atomic E-state index is 11.1. The molecule has 1 aliphatic carbocycles. The SMILES string of the molecule is Cc1ccc(Oc2ccc3c(c2)CCC3)c(C=O)c1. The number of fused-ring (bicyclic) bond motifs is 1. The second-order valence-corrected chi connectivity index (χ2v) is 5.05. The van der Waals surface area contributed by atoms with Gasteiger partial charge >= 0.3 is 0 Å². The Kier molecular flexibility index (Phi) is 3.08. The van der Waals surface area contributed by atoms with E-state index in [-0.39, 0.29) is 0 Å². The number of benzene rings is 2. The fourth-order valence-corrected chi connectivity index (χ4v) is 2.59. The smallest absolute Gasteiger partial charge is 0.153 e. The third-order valence-electron chi connectivity index (χ3n) is 3.59. The van der Waals surface area contributed by atoms with Crippen LogP contribution in [0.5, 0.6) is 11.5 Å². The molecule has 2 aromatic rings. The van der Waals surface area contributed by atoms with E-state index >= 15 is 0 Å². The molecule has 0 N–H and O–H groups in total. The van der Waals surface area contributed by atoms with Gasteiger partial charge in [0.15, 0.2) is 6.29 Å². The molecule has 0 heterocycles. The molecular weight excluding hydrogens is 236 g/mol. The van der Waals surface area contributed by atoms with Crippen molar-refractivity contribution < 1.29 is 9.53 Å². The van der Waals surface area contributed by atoms with Gasteiger partial charge in [-0.3, -0.25) is 4.79 Å². The fourth-order valence-electron chi connectivity index (χ4n) is 2.59. The highest BCUT2D eigenvalue weighted by atomic mass is 16.5. The van der Waals surface area contributed by atoms with Gasteiger partial charge in [0.2, 0.25) is 0 Å². The first-order valence-electron chi connectivity index (χ1n) is 6.62.